The molecule has 0 bridgehead atoms. The van der Waals surface area contributed by atoms with E-state index in [-0.39, 0.29) is 11.9 Å². The van der Waals surface area contributed by atoms with Crippen molar-refractivity contribution in [3.8, 4) is 11.4 Å². The van der Waals surface area contributed by atoms with Gasteiger partial charge in [-0.05, 0) is 76.2 Å². The number of morpholine rings is 1. The van der Waals surface area contributed by atoms with Gasteiger partial charge in [0.05, 0.1) is 24.3 Å². The van der Waals surface area contributed by atoms with Crippen LogP contribution in [0.4, 0.5) is 24.7 Å². The second-order valence-electron chi connectivity index (χ2n) is 9.95. The van der Waals surface area contributed by atoms with Crippen LogP contribution in [0.3, 0.4) is 0 Å². The van der Waals surface area contributed by atoms with Crippen LogP contribution in [0.5, 0.6) is 0 Å². The highest BCUT2D eigenvalue weighted by Gasteiger charge is 2.32. The Labute approximate surface area is 223 Å². The molecule has 1 saturated heterocycles. The first kappa shape index (κ1) is 28.1. The highest BCUT2D eigenvalue weighted by atomic mass is 19.4. The van der Waals surface area contributed by atoms with Gasteiger partial charge in [-0.3, -0.25) is 0 Å². The summed E-state index contributed by atoms with van der Waals surface area (Å²) < 4.78 is 47.2. The Morgan fingerprint density at radius 2 is 1.82 bits per heavy atom. The number of benzene rings is 2. The van der Waals surface area contributed by atoms with Crippen molar-refractivity contribution >= 4 is 22.4 Å². The van der Waals surface area contributed by atoms with Crippen molar-refractivity contribution in [2.75, 3.05) is 56.2 Å². The van der Waals surface area contributed by atoms with Gasteiger partial charge in [0.1, 0.15) is 5.82 Å². The first-order valence-electron chi connectivity index (χ1n) is 13.5. The molecule has 1 aliphatic rings. The number of nitrogens with zero attached hydrogens (tertiary/aromatic N) is 4. The number of halogens is 3. The summed E-state index contributed by atoms with van der Waals surface area (Å²) in [5.41, 5.74) is 1.84. The van der Waals surface area contributed by atoms with Crippen molar-refractivity contribution in [2.45, 2.75) is 52.8 Å². The second kappa shape index (κ2) is 12.3. The molecule has 4 rings (SSSR count). The minimum absolute atomic E-state index is 0.141. The molecule has 1 N–H and O–H groups in total. The summed E-state index contributed by atoms with van der Waals surface area (Å²) in [5, 5.41) is 4.40. The predicted molar refractivity (Wildman–Crippen MR) is 148 cm³/mol. The van der Waals surface area contributed by atoms with E-state index in [0.29, 0.717) is 43.4 Å². The van der Waals surface area contributed by atoms with Gasteiger partial charge in [-0.1, -0.05) is 26.0 Å². The van der Waals surface area contributed by atoms with Crippen LogP contribution >= 0.6 is 0 Å². The minimum atomic E-state index is -4.48. The molecule has 0 radical (unpaired) electrons. The average molecular weight is 530 g/mol. The number of hydrogen-bond donors (Lipinski definition) is 1. The van der Waals surface area contributed by atoms with E-state index in [9.17, 15) is 13.2 Å². The molecule has 1 atom stereocenters. The molecule has 9 heteroatoms. The molecule has 1 aliphatic heterocycles. The molecule has 0 amide bonds. The molecule has 1 aromatic heterocycles. The molecular weight excluding hydrogens is 491 g/mol. The van der Waals surface area contributed by atoms with Gasteiger partial charge in [0.25, 0.3) is 0 Å². The van der Waals surface area contributed by atoms with Gasteiger partial charge in [-0.25, -0.2) is 9.97 Å². The number of aryl methyl sites for hydroxylation is 1. The fourth-order valence-electron chi connectivity index (χ4n) is 4.91. The second-order valence-corrected chi connectivity index (χ2v) is 9.95. The summed E-state index contributed by atoms with van der Waals surface area (Å²) in [6.45, 7) is 13.5. The largest absolute Gasteiger partial charge is 0.416 e. The lowest BCUT2D eigenvalue weighted by atomic mass is 10.1. The van der Waals surface area contributed by atoms with Gasteiger partial charge < -0.3 is 19.9 Å². The van der Waals surface area contributed by atoms with Gasteiger partial charge in [0.2, 0.25) is 0 Å². The zero-order valence-electron chi connectivity index (χ0n) is 22.7. The number of para-hydroxylation sites is 1. The van der Waals surface area contributed by atoms with Crippen molar-refractivity contribution in [2.24, 2.45) is 0 Å². The van der Waals surface area contributed by atoms with Crippen LogP contribution in [-0.2, 0) is 10.9 Å². The SMILES string of the molecule is CCN(CC)CCCC(C)Nc1nc(-c2cc(N3CCOCC3)cc(C(F)(F)F)c2)nc2c(C)cccc12. The zero-order valence-corrected chi connectivity index (χ0v) is 22.7. The van der Waals surface area contributed by atoms with Crippen molar-refractivity contribution in [3.63, 3.8) is 0 Å². The summed E-state index contributed by atoms with van der Waals surface area (Å²) in [7, 11) is 0. The van der Waals surface area contributed by atoms with Gasteiger partial charge >= 0.3 is 6.18 Å². The molecule has 2 heterocycles. The lowest BCUT2D eigenvalue weighted by Gasteiger charge is -2.29. The summed E-state index contributed by atoms with van der Waals surface area (Å²) in [6.07, 6.45) is -2.49. The maximum absolute atomic E-state index is 13.9. The Morgan fingerprint density at radius 1 is 1.08 bits per heavy atom. The van der Waals surface area contributed by atoms with Crippen molar-refractivity contribution in [1.29, 1.82) is 0 Å². The van der Waals surface area contributed by atoms with E-state index in [1.165, 1.54) is 6.07 Å². The van der Waals surface area contributed by atoms with E-state index in [2.05, 4.69) is 31.0 Å². The van der Waals surface area contributed by atoms with Crippen molar-refractivity contribution in [1.82, 2.24) is 14.9 Å². The number of anilines is 2. The highest BCUT2D eigenvalue weighted by Crippen LogP contribution is 2.36. The standard InChI is InChI=1S/C29H38F3N5O/c1-5-36(6-2)12-8-10-21(4)33-28-25-11-7-9-20(3)26(25)34-27(35-28)22-17-23(29(30,31)32)19-24(18-22)37-13-15-38-16-14-37/h7,9,11,17-19,21H,5-6,8,10,12-16H2,1-4H3,(H,33,34,35). The maximum atomic E-state index is 13.9. The van der Waals surface area contributed by atoms with Crippen molar-refractivity contribution in [3.05, 3.63) is 47.5 Å². The number of hydrogen-bond acceptors (Lipinski definition) is 6. The Kier molecular flexibility index (Phi) is 9.10. The molecule has 3 aromatic rings. The fraction of sp³-hybridized carbons (Fsp3) is 0.517. The van der Waals surface area contributed by atoms with Crippen LogP contribution in [0, 0.1) is 6.92 Å². The zero-order chi connectivity index (χ0) is 27.3. The third kappa shape index (κ3) is 6.74. The Morgan fingerprint density at radius 3 is 2.50 bits per heavy atom. The number of nitrogens with one attached hydrogen (secondary N) is 1. The van der Waals surface area contributed by atoms with E-state index in [0.717, 1.165) is 55.0 Å². The first-order chi connectivity index (χ1) is 18.2. The van der Waals surface area contributed by atoms with E-state index in [1.54, 1.807) is 6.07 Å². The quantitative estimate of drug-likeness (QED) is 0.329. The Bertz CT molecular complexity index is 1220. The smallest absolute Gasteiger partial charge is 0.378 e. The Balaban J connectivity index is 1.71. The Hall–Kier alpha value is -2.91. The molecule has 1 unspecified atom stereocenters. The van der Waals surface area contributed by atoms with Gasteiger partial charge in [0.15, 0.2) is 5.82 Å². The highest BCUT2D eigenvalue weighted by molar-refractivity contribution is 5.92. The normalized spacial score (nSPS) is 15.3. The van der Waals surface area contributed by atoms with E-state index < -0.39 is 11.7 Å². The number of aromatic nitrogens is 2. The lowest BCUT2D eigenvalue weighted by molar-refractivity contribution is -0.137. The van der Waals surface area contributed by atoms with Crippen LogP contribution in [0.25, 0.3) is 22.3 Å². The fourth-order valence-corrected chi connectivity index (χ4v) is 4.91. The average Bonchev–Trinajstić information content (AvgIpc) is 2.91. The van der Waals surface area contributed by atoms with E-state index >= 15 is 0 Å². The molecule has 0 aliphatic carbocycles. The maximum Gasteiger partial charge on any atom is 0.416 e. The van der Waals surface area contributed by atoms with Crippen LogP contribution in [-0.4, -0.2) is 66.8 Å². The molecule has 0 spiro atoms. The van der Waals surface area contributed by atoms with Crippen LogP contribution in [0.2, 0.25) is 0 Å². The molecule has 0 saturated carbocycles. The monoisotopic (exact) mass is 529 g/mol. The third-order valence-corrected chi connectivity index (χ3v) is 7.20. The number of fused-ring (bicyclic) bond motifs is 1. The lowest BCUT2D eigenvalue weighted by Crippen LogP contribution is -2.36. The molecule has 206 valence electrons. The van der Waals surface area contributed by atoms with Crippen molar-refractivity contribution < 1.29 is 17.9 Å². The number of rotatable bonds is 10. The number of ether oxygens (including phenoxy) is 1. The first-order valence-corrected chi connectivity index (χ1v) is 13.5. The number of alkyl halides is 3. The van der Waals surface area contributed by atoms with Crippen LogP contribution < -0.4 is 10.2 Å². The summed E-state index contributed by atoms with van der Waals surface area (Å²) in [4.78, 5) is 13.9. The van der Waals surface area contributed by atoms with Gasteiger partial charge in [-0.2, -0.15) is 13.2 Å². The minimum Gasteiger partial charge on any atom is -0.378 e. The summed E-state index contributed by atoms with van der Waals surface area (Å²) in [6, 6.07) is 10.1. The van der Waals surface area contributed by atoms with Gasteiger partial charge in [-0.15, -0.1) is 0 Å². The molecule has 2 aromatic carbocycles. The molecular formula is C29H38F3N5O. The molecule has 1 fully saturated rings. The topological polar surface area (TPSA) is 53.5 Å². The van der Waals surface area contributed by atoms with E-state index in [1.807, 2.05) is 30.0 Å². The molecule has 38 heavy (non-hydrogen) atoms. The summed E-state index contributed by atoms with van der Waals surface area (Å²) >= 11 is 0. The summed E-state index contributed by atoms with van der Waals surface area (Å²) in [5.74, 6) is 0.930. The third-order valence-electron chi connectivity index (χ3n) is 7.20. The molecule has 6 nitrogen and oxygen atoms in total. The van der Waals surface area contributed by atoms with Crippen LogP contribution in [0.15, 0.2) is 36.4 Å². The van der Waals surface area contributed by atoms with Crippen LogP contribution in [0.1, 0.15) is 44.7 Å². The van der Waals surface area contributed by atoms with E-state index in [4.69, 9.17) is 14.7 Å². The van der Waals surface area contributed by atoms with Gasteiger partial charge in [0, 0.05) is 35.8 Å². The predicted octanol–water partition coefficient (Wildman–Crippen LogP) is 6.38.